The molecule has 9 N–H and O–H groups in total. The SMILES string of the molecule is NC(=O)CCC(N)C(=O)NC(CC(N)=O)C(=O)NCC(=O)N1CCCC1C(=O)O. The Hall–Kier alpha value is -3.22. The second kappa shape index (κ2) is 10.9. The number of aliphatic carboxylic acids is 1. The molecule has 0 spiro atoms. The molecule has 0 aliphatic carbocycles. The van der Waals surface area contributed by atoms with Crippen LogP contribution < -0.4 is 27.8 Å². The van der Waals surface area contributed by atoms with Gasteiger partial charge >= 0.3 is 5.97 Å². The summed E-state index contributed by atoms with van der Waals surface area (Å²) in [4.78, 5) is 70.8. The number of amides is 5. The highest BCUT2D eigenvalue weighted by Gasteiger charge is 2.34. The molecular weight excluding hydrogens is 388 g/mol. The molecule has 1 fully saturated rings. The molecule has 0 radical (unpaired) electrons. The lowest BCUT2D eigenvalue weighted by molar-refractivity contribution is -0.148. The highest BCUT2D eigenvalue weighted by atomic mass is 16.4. The number of carbonyl (C=O) groups is 6. The van der Waals surface area contributed by atoms with Crippen LogP contribution in [0.5, 0.6) is 0 Å². The molecule has 1 heterocycles. The van der Waals surface area contributed by atoms with E-state index in [2.05, 4.69) is 10.6 Å². The molecule has 5 amide bonds. The monoisotopic (exact) mass is 414 g/mol. The number of primary amides is 2. The highest BCUT2D eigenvalue weighted by molar-refractivity contribution is 5.95. The molecule has 1 saturated heterocycles. The van der Waals surface area contributed by atoms with Crippen LogP contribution in [0, 0.1) is 0 Å². The molecule has 1 aliphatic heterocycles. The van der Waals surface area contributed by atoms with E-state index in [9.17, 15) is 28.8 Å². The highest BCUT2D eigenvalue weighted by Crippen LogP contribution is 2.17. The largest absolute Gasteiger partial charge is 0.480 e. The zero-order valence-corrected chi connectivity index (χ0v) is 15.8. The second-order valence-electron chi connectivity index (χ2n) is 6.64. The molecular formula is C16H26N6O7. The van der Waals surface area contributed by atoms with E-state index >= 15 is 0 Å². The van der Waals surface area contributed by atoms with E-state index in [4.69, 9.17) is 22.3 Å². The van der Waals surface area contributed by atoms with E-state index in [0.29, 0.717) is 12.8 Å². The molecule has 13 nitrogen and oxygen atoms in total. The van der Waals surface area contributed by atoms with Gasteiger partial charge in [0.2, 0.25) is 29.5 Å². The van der Waals surface area contributed by atoms with Crippen LogP contribution >= 0.6 is 0 Å². The third-order valence-electron chi connectivity index (χ3n) is 4.35. The quantitative estimate of drug-likeness (QED) is 0.195. The minimum Gasteiger partial charge on any atom is -0.480 e. The predicted octanol–water partition coefficient (Wildman–Crippen LogP) is -3.87. The summed E-state index contributed by atoms with van der Waals surface area (Å²) >= 11 is 0. The summed E-state index contributed by atoms with van der Waals surface area (Å²) in [7, 11) is 0. The fourth-order valence-electron chi connectivity index (χ4n) is 2.83. The van der Waals surface area contributed by atoms with Crippen LogP contribution in [0.25, 0.3) is 0 Å². The number of likely N-dealkylation sites (tertiary alicyclic amines) is 1. The van der Waals surface area contributed by atoms with Gasteiger partial charge in [0.05, 0.1) is 19.0 Å². The lowest BCUT2D eigenvalue weighted by Gasteiger charge is -2.23. The van der Waals surface area contributed by atoms with Crippen LogP contribution in [-0.4, -0.2) is 76.7 Å². The zero-order chi connectivity index (χ0) is 22.1. The Morgan fingerprint density at radius 2 is 1.72 bits per heavy atom. The first-order valence-corrected chi connectivity index (χ1v) is 8.95. The lowest BCUT2D eigenvalue weighted by Crippen LogP contribution is -2.54. The van der Waals surface area contributed by atoms with E-state index in [-0.39, 0.29) is 19.4 Å². The Morgan fingerprint density at radius 1 is 1.07 bits per heavy atom. The molecule has 29 heavy (non-hydrogen) atoms. The standard InChI is InChI=1S/C16H26N6O7/c17-8(3-4-11(18)23)14(26)21-9(6-12(19)24)15(27)20-7-13(25)22-5-1-2-10(22)16(28)29/h8-10H,1-7,17H2,(H2,18,23)(H2,19,24)(H,20,27)(H,21,26)(H,28,29). The van der Waals surface area contributed by atoms with E-state index in [0.717, 1.165) is 4.90 Å². The van der Waals surface area contributed by atoms with E-state index in [1.54, 1.807) is 0 Å². The Labute approximate surface area is 166 Å². The van der Waals surface area contributed by atoms with Crippen molar-refractivity contribution < 1.29 is 33.9 Å². The minimum atomic E-state index is -1.39. The maximum atomic E-state index is 12.3. The van der Waals surface area contributed by atoms with Crippen LogP contribution in [0.3, 0.4) is 0 Å². The molecule has 13 heteroatoms. The number of rotatable bonds is 11. The smallest absolute Gasteiger partial charge is 0.326 e. The summed E-state index contributed by atoms with van der Waals surface area (Å²) in [5.41, 5.74) is 15.7. The zero-order valence-electron chi connectivity index (χ0n) is 15.8. The molecule has 1 aliphatic rings. The number of hydrogen-bond donors (Lipinski definition) is 6. The number of carbonyl (C=O) groups excluding carboxylic acids is 5. The van der Waals surface area contributed by atoms with Crippen molar-refractivity contribution in [1.29, 1.82) is 0 Å². The van der Waals surface area contributed by atoms with Crippen molar-refractivity contribution in [1.82, 2.24) is 15.5 Å². The van der Waals surface area contributed by atoms with Gasteiger partial charge in [-0.3, -0.25) is 24.0 Å². The van der Waals surface area contributed by atoms with Crippen molar-refractivity contribution in [2.75, 3.05) is 13.1 Å². The van der Waals surface area contributed by atoms with Gasteiger partial charge in [-0.15, -0.1) is 0 Å². The number of carboxylic acids is 1. The first-order chi connectivity index (χ1) is 13.5. The first kappa shape index (κ1) is 23.8. The number of nitrogens with zero attached hydrogens (tertiary/aromatic N) is 1. The number of hydrogen-bond acceptors (Lipinski definition) is 7. The molecule has 0 bridgehead atoms. The van der Waals surface area contributed by atoms with Crippen LogP contribution in [0.15, 0.2) is 0 Å². The van der Waals surface area contributed by atoms with Gasteiger partial charge in [-0.1, -0.05) is 0 Å². The second-order valence-corrected chi connectivity index (χ2v) is 6.64. The van der Waals surface area contributed by atoms with Crippen molar-refractivity contribution in [3.63, 3.8) is 0 Å². The predicted molar refractivity (Wildman–Crippen MR) is 97.5 cm³/mol. The molecule has 1 rings (SSSR count). The molecule has 0 aromatic carbocycles. The van der Waals surface area contributed by atoms with Crippen molar-refractivity contribution in [3.05, 3.63) is 0 Å². The van der Waals surface area contributed by atoms with Gasteiger partial charge in [0, 0.05) is 13.0 Å². The summed E-state index contributed by atoms with van der Waals surface area (Å²) in [6.45, 7) is -0.261. The van der Waals surface area contributed by atoms with Gasteiger partial charge in [-0.05, 0) is 19.3 Å². The Bertz CT molecular complexity index is 683. The molecule has 0 aromatic heterocycles. The molecule has 3 atom stereocenters. The Balaban J connectivity index is 2.65. The van der Waals surface area contributed by atoms with Crippen molar-refractivity contribution in [2.45, 2.75) is 50.2 Å². The number of nitrogens with two attached hydrogens (primary N) is 3. The molecule has 0 aromatic rings. The summed E-state index contributed by atoms with van der Waals surface area (Å²) in [5.74, 6) is -4.94. The van der Waals surface area contributed by atoms with E-state index in [1.807, 2.05) is 0 Å². The number of carboxylic acid groups (broad SMARTS) is 1. The minimum absolute atomic E-state index is 0.0594. The maximum absolute atomic E-state index is 12.3. The average molecular weight is 414 g/mol. The van der Waals surface area contributed by atoms with Gasteiger partial charge in [0.25, 0.3) is 0 Å². The van der Waals surface area contributed by atoms with Crippen LogP contribution in [0.2, 0.25) is 0 Å². The van der Waals surface area contributed by atoms with E-state index < -0.39 is 66.6 Å². The number of nitrogens with one attached hydrogen (secondary N) is 2. The van der Waals surface area contributed by atoms with Gasteiger partial charge in [-0.25, -0.2) is 4.79 Å². The normalized spacial score (nSPS) is 17.8. The van der Waals surface area contributed by atoms with Gasteiger partial charge in [-0.2, -0.15) is 0 Å². The summed E-state index contributed by atoms with van der Waals surface area (Å²) < 4.78 is 0. The fraction of sp³-hybridized carbons (Fsp3) is 0.625. The summed E-state index contributed by atoms with van der Waals surface area (Å²) in [5, 5.41) is 13.6. The van der Waals surface area contributed by atoms with Gasteiger partial charge in [0.15, 0.2) is 0 Å². The van der Waals surface area contributed by atoms with E-state index in [1.165, 1.54) is 0 Å². The van der Waals surface area contributed by atoms with Crippen molar-refractivity contribution >= 4 is 35.5 Å². The van der Waals surface area contributed by atoms with Gasteiger partial charge in [0.1, 0.15) is 12.1 Å². The Morgan fingerprint density at radius 3 is 2.28 bits per heavy atom. The fourth-order valence-corrected chi connectivity index (χ4v) is 2.83. The summed E-state index contributed by atoms with van der Waals surface area (Å²) in [6.07, 6.45) is 0.0982. The Kier molecular flexibility index (Phi) is 8.99. The van der Waals surface area contributed by atoms with Crippen molar-refractivity contribution in [3.8, 4) is 0 Å². The third-order valence-corrected chi connectivity index (χ3v) is 4.35. The van der Waals surface area contributed by atoms with Crippen LogP contribution in [0.1, 0.15) is 32.1 Å². The molecule has 3 unspecified atom stereocenters. The third kappa shape index (κ3) is 7.73. The van der Waals surface area contributed by atoms with Crippen LogP contribution in [-0.2, 0) is 28.8 Å². The average Bonchev–Trinajstić information content (AvgIpc) is 3.12. The molecule has 162 valence electrons. The first-order valence-electron chi connectivity index (χ1n) is 8.95. The summed E-state index contributed by atoms with van der Waals surface area (Å²) in [6, 6.07) is -3.49. The lowest BCUT2D eigenvalue weighted by atomic mass is 10.1. The maximum Gasteiger partial charge on any atom is 0.326 e. The van der Waals surface area contributed by atoms with Crippen molar-refractivity contribution in [2.24, 2.45) is 17.2 Å². The van der Waals surface area contributed by atoms with Crippen LogP contribution in [0.4, 0.5) is 0 Å². The molecule has 0 saturated carbocycles. The van der Waals surface area contributed by atoms with Gasteiger partial charge < -0.3 is 37.8 Å². The topological polar surface area (TPSA) is 228 Å².